The molecule has 0 spiro atoms. The van der Waals surface area contributed by atoms with Gasteiger partial charge in [0, 0.05) is 24.4 Å². The van der Waals surface area contributed by atoms with Crippen LogP contribution in [0.15, 0.2) is 12.1 Å². The first-order valence-electron chi connectivity index (χ1n) is 5.65. The van der Waals surface area contributed by atoms with Crippen molar-refractivity contribution >= 4 is 11.6 Å². The van der Waals surface area contributed by atoms with Gasteiger partial charge in [-0.15, -0.1) is 0 Å². The van der Waals surface area contributed by atoms with Gasteiger partial charge in [-0.05, 0) is 12.5 Å². The van der Waals surface area contributed by atoms with Crippen LogP contribution in [0.5, 0.6) is 0 Å². The molecule has 2 rings (SSSR count). The summed E-state index contributed by atoms with van der Waals surface area (Å²) in [5, 5.41) is 5.45. The Kier molecular flexibility index (Phi) is 3.56. The van der Waals surface area contributed by atoms with Crippen molar-refractivity contribution in [2.45, 2.75) is 6.92 Å². The molecule has 1 aromatic carbocycles. The Labute approximate surface area is 102 Å². The standard InChI is InChI=1S/C12H13F3N2O/c1-6-4-16-5-8(6)12(18)17-7-2-9(13)11(15)10(14)3-7/h2-3,6,8,16H,4-5H2,1H3,(H,17,18)/t6-,8-/m1/s1. The van der Waals surface area contributed by atoms with Crippen molar-refractivity contribution in [2.24, 2.45) is 11.8 Å². The van der Waals surface area contributed by atoms with Crippen LogP contribution >= 0.6 is 0 Å². The molecule has 0 unspecified atom stereocenters. The van der Waals surface area contributed by atoms with Gasteiger partial charge in [-0.1, -0.05) is 6.92 Å². The number of benzene rings is 1. The van der Waals surface area contributed by atoms with Crippen LogP contribution in [0.25, 0.3) is 0 Å². The van der Waals surface area contributed by atoms with Gasteiger partial charge in [0.25, 0.3) is 0 Å². The predicted octanol–water partition coefficient (Wildman–Crippen LogP) is 1.90. The molecule has 98 valence electrons. The van der Waals surface area contributed by atoms with Crippen molar-refractivity contribution in [1.82, 2.24) is 5.32 Å². The third kappa shape index (κ3) is 2.48. The second-order valence-corrected chi connectivity index (χ2v) is 4.49. The summed E-state index contributed by atoms with van der Waals surface area (Å²) in [5.41, 5.74) is -0.0736. The Hall–Kier alpha value is -1.56. The summed E-state index contributed by atoms with van der Waals surface area (Å²) in [5.74, 6) is -4.59. The maximum absolute atomic E-state index is 13.0. The quantitative estimate of drug-likeness (QED) is 0.795. The summed E-state index contributed by atoms with van der Waals surface area (Å²) >= 11 is 0. The minimum atomic E-state index is -1.54. The second kappa shape index (κ2) is 4.97. The number of amides is 1. The van der Waals surface area contributed by atoms with Crippen LogP contribution in [-0.4, -0.2) is 19.0 Å². The van der Waals surface area contributed by atoms with Crippen LogP contribution in [-0.2, 0) is 4.79 Å². The number of hydrogen-bond acceptors (Lipinski definition) is 2. The highest BCUT2D eigenvalue weighted by molar-refractivity contribution is 5.93. The first-order chi connectivity index (χ1) is 8.49. The number of nitrogens with one attached hydrogen (secondary N) is 2. The highest BCUT2D eigenvalue weighted by Crippen LogP contribution is 2.21. The van der Waals surface area contributed by atoms with Gasteiger partial charge >= 0.3 is 0 Å². The molecule has 1 saturated heterocycles. The number of rotatable bonds is 2. The first kappa shape index (κ1) is 12.9. The number of carbonyl (C=O) groups excluding carboxylic acids is 1. The van der Waals surface area contributed by atoms with Crippen LogP contribution in [0.4, 0.5) is 18.9 Å². The molecule has 0 bridgehead atoms. The van der Waals surface area contributed by atoms with Crippen molar-refractivity contribution in [1.29, 1.82) is 0 Å². The van der Waals surface area contributed by atoms with Crippen LogP contribution < -0.4 is 10.6 Å². The molecule has 1 heterocycles. The molecule has 2 N–H and O–H groups in total. The zero-order valence-corrected chi connectivity index (χ0v) is 9.77. The van der Waals surface area contributed by atoms with Gasteiger partial charge in [-0.2, -0.15) is 0 Å². The molecule has 1 fully saturated rings. The van der Waals surface area contributed by atoms with Crippen molar-refractivity contribution < 1.29 is 18.0 Å². The summed E-state index contributed by atoms with van der Waals surface area (Å²) in [6.07, 6.45) is 0. The summed E-state index contributed by atoms with van der Waals surface area (Å²) in [7, 11) is 0. The molecule has 0 aromatic heterocycles. The SMILES string of the molecule is C[C@@H]1CNC[C@H]1C(=O)Nc1cc(F)c(F)c(F)c1. The first-order valence-corrected chi connectivity index (χ1v) is 5.65. The lowest BCUT2D eigenvalue weighted by Gasteiger charge is -2.14. The molecule has 3 nitrogen and oxygen atoms in total. The molecule has 0 aliphatic carbocycles. The lowest BCUT2D eigenvalue weighted by Crippen LogP contribution is -2.28. The highest BCUT2D eigenvalue weighted by atomic mass is 19.2. The zero-order chi connectivity index (χ0) is 13.3. The zero-order valence-electron chi connectivity index (χ0n) is 9.77. The Bertz CT molecular complexity index is 455. The van der Waals surface area contributed by atoms with Crippen molar-refractivity contribution in [2.75, 3.05) is 18.4 Å². The lowest BCUT2D eigenvalue weighted by atomic mass is 9.97. The molecule has 2 atom stereocenters. The maximum Gasteiger partial charge on any atom is 0.229 e. The number of carbonyl (C=O) groups is 1. The second-order valence-electron chi connectivity index (χ2n) is 4.49. The van der Waals surface area contributed by atoms with Gasteiger partial charge in [0.05, 0.1) is 5.92 Å². The molecular formula is C12H13F3N2O. The minimum absolute atomic E-state index is 0.0736. The third-order valence-electron chi connectivity index (χ3n) is 3.11. The van der Waals surface area contributed by atoms with Crippen LogP contribution in [0.3, 0.4) is 0 Å². The van der Waals surface area contributed by atoms with Gasteiger partial charge in [0.1, 0.15) is 0 Å². The van der Waals surface area contributed by atoms with Crippen LogP contribution in [0.1, 0.15) is 6.92 Å². The van der Waals surface area contributed by atoms with Crippen molar-refractivity contribution in [3.8, 4) is 0 Å². The van der Waals surface area contributed by atoms with E-state index in [2.05, 4.69) is 10.6 Å². The highest BCUT2D eigenvalue weighted by Gasteiger charge is 2.29. The number of hydrogen-bond donors (Lipinski definition) is 2. The predicted molar refractivity (Wildman–Crippen MR) is 60.5 cm³/mol. The molecule has 18 heavy (non-hydrogen) atoms. The van der Waals surface area contributed by atoms with E-state index in [0.717, 1.165) is 18.7 Å². The molecule has 0 saturated carbocycles. The minimum Gasteiger partial charge on any atom is -0.326 e. The fourth-order valence-electron chi connectivity index (χ4n) is 2.02. The Morgan fingerprint density at radius 3 is 2.39 bits per heavy atom. The maximum atomic E-state index is 13.0. The van der Waals surface area contributed by atoms with E-state index in [4.69, 9.17) is 0 Å². The molecule has 1 amide bonds. The van der Waals surface area contributed by atoms with E-state index in [0.29, 0.717) is 6.54 Å². The Balaban J connectivity index is 2.12. The van der Waals surface area contributed by atoms with Crippen molar-refractivity contribution in [3.63, 3.8) is 0 Å². The summed E-state index contributed by atoms with van der Waals surface area (Å²) < 4.78 is 38.7. The Morgan fingerprint density at radius 2 is 1.89 bits per heavy atom. The monoisotopic (exact) mass is 258 g/mol. The fourth-order valence-corrected chi connectivity index (χ4v) is 2.02. The number of halogens is 3. The van der Waals surface area contributed by atoms with E-state index in [1.807, 2.05) is 6.92 Å². The summed E-state index contributed by atoms with van der Waals surface area (Å²) in [6, 6.07) is 1.53. The van der Waals surface area contributed by atoms with Gasteiger partial charge in [0.15, 0.2) is 17.5 Å². The van der Waals surface area contributed by atoms with E-state index in [-0.39, 0.29) is 23.4 Å². The van der Waals surface area contributed by atoms with Gasteiger partial charge in [-0.25, -0.2) is 13.2 Å². The normalized spacial score (nSPS) is 23.1. The largest absolute Gasteiger partial charge is 0.326 e. The van der Waals surface area contributed by atoms with Gasteiger partial charge < -0.3 is 10.6 Å². The van der Waals surface area contributed by atoms with Gasteiger partial charge in [-0.3, -0.25) is 4.79 Å². The van der Waals surface area contributed by atoms with Crippen molar-refractivity contribution in [3.05, 3.63) is 29.6 Å². The van der Waals surface area contributed by atoms with E-state index in [9.17, 15) is 18.0 Å². The Morgan fingerprint density at radius 1 is 1.28 bits per heavy atom. The van der Waals surface area contributed by atoms with E-state index in [1.165, 1.54) is 0 Å². The van der Waals surface area contributed by atoms with E-state index in [1.54, 1.807) is 0 Å². The summed E-state index contributed by atoms with van der Waals surface area (Å²) in [4.78, 5) is 11.8. The van der Waals surface area contributed by atoms with E-state index >= 15 is 0 Å². The average Bonchev–Trinajstić information content (AvgIpc) is 2.72. The van der Waals surface area contributed by atoms with Crippen LogP contribution in [0, 0.1) is 29.3 Å². The lowest BCUT2D eigenvalue weighted by molar-refractivity contribution is -0.120. The molecule has 1 aromatic rings. The third-order valence-corrected chi connectivity index (χ3v) is 3.11. The number of anilines is 1. The smallest absolute Gasteiger partial charge is 0.229 e. The van der Waals surface area contributed by atoms with Gasteiger partial charge in [0.2, 0.25) is 5.91 Å². The molecule has 0 radical (unpaired) electrons. The molecule has 6 heteroatoms. The average molecular weight is 258 g/mol. The molecule has 1 aliphatic rings. The molecule has 1 aliphatic heterocycles. The van der Waals surface area contributed by atoms with E-state index < -0.39 is 17.5 Å². The topological polar surface area (TPSA) is 41.1 Å². The fraction of sp³-hybridized carbons (Fsp3) is 0.417. The summed E-state index contributed by atoms with van der Waals surface area (Å²) in [6.45, 7) is 3.17. The molecular weight excluding hydrogens is 245 g/mol. The van der Waals surface area contributed by atoms with Crippen LogP contribution in [0.2, 0.25) is 0 Å².